The lowest BCUT2D eigenvalue weighted by Crippen LogP contribution is -2.38. The largest absolute Gasteiger partial charge is 0.300 e. The van der Waals surface area contributed by atoms with Crippen molar-refractivity contribution < 1.29 is 13.2 Å². The molecule has 0 unspecified atom stereocenters. The van der Waals surface area contributed by atoms with Crippen molar-refractivity contribution in [2.24, 2.45) is 0 Å². The summed E-state index contributed by atoms with van der Waals surface area (Å²) < 4.78 is 22.0. The van der Waals surface area contributed by atoms with E-state index in [1.54, 1.807) is 6.92 Å². The van der Waals surface area contributed by atoms with Crippen molar-refractivity contribution in [3.63, 3.8) is 0 Å². The average molecular weight is 190 g/mol. The van der Waals surface area contributed by atoms with Gasteiger partial charge >= 0.3 is 0 Å². The highest BCUT2D eigenvalue weighted by molar-refractivity contribution is 7.92. The van der Waals surface area contributed by atoms with Gasteiger partial charge in [0.1, 0.15) is 5.78 Å². The van der Waals surface area contributed by atoms with Crippen molar-refractivity contribution in [2.75, 3.05) is 6.26 Å². The second-order valence-corrected chi connectivity index (χ2v) is 6.29. The van der Waals surface area contributed by atoms with Gasteiger partial charge in [0, 0.05) is 19.1 Å². The molecule has 0 aromatic rings. The normalized spacial score (nSPS) is 24.0. The van der Waals surface area contributed by atoms with Crippen LogP contribution in [0.2, 0.25) is 0 Å². The number of carbonyl (C=O) groups is 1. The van der Waals surface area contributed by atoms with Gasteiger partial charge in [-0.15, -0.1) is 0 Å². The molecule has 1 fully saturated rings. The van der Waals surface area contributed by atoms with Gasteiger partial charge in [-0.25, -0.2) is 8.42 Å². The first-order valence-electron chi connectivity index (χ1n) is 4.06. The molecule has 0 spiro atoms. The van der Waals surface area contributed by atoms with Gasteiger partial charge in [-0.1, -0.05) is 0 Å². The highest BCUT2D eigenvalue weighted by Gasteiger charge is 2.38. The molecule has 0 heterocycles. The molecule has 70 valence electrons. The number of carbonyl (C=O) groups excluding carboxylic acids is 1. The summed E-state index contributed by atoms with van der Waals surface area (Å²) in [5.41, 5.74) is 0. The van der Waals surface area contributed by atoms with Gasteiger partial charge in [0.05, 0.1) is 4.75 Å². The molecule has 3 nitrogen and oxygen atoms in total. The summed E-state index contributed by atoms with van der Waals surface area (Å²) >= 11 is 0. The number of ketones is 1. The van der Waals surface area contributed by atoms with E-state index >= 15 is 0 Å². The molecule has 4 heteroatoms. The van der Waals surface area contributed by atoms with Crippen molar-refractivity contribution in [3.05, 3.63) is 0 Å². The fraction of sp³-hybridized carbons (Fsp3) is 0.875. The lowest BCUT2D eigenvalue weighted by Gasteiger charge is -2.30. The Morgan fingerprint density at radius 2 is 1.67 bits per heavy atom. The predicted molar refractivity (Wildman–Crippen MR) is 46.7 cm³/mol. The summed E-state index contributed by atoms with van der Waals surface area (Å²) in [4.78, 5) is 10.9. The van der Waals surface area contributed by atoms with E-state index in [0.717, 1.165) is 0 Å². The maximum Gasteiger partial charge on any atom is 0.152 e. The van der Waals surface area contributed by atoms with Crippen molar-refractivity contribution in [1.29, 1.82) is 0 Å². The molecule has 0 N–H and O–H groups in total. The third-order valence-electron chi connectivity index (χ3n) is 2.76. The molecular weight excluding hydrogens is 176 g/mol. The molecule has 0 amide bonds. The number of hydrogen-bond acceptors (Lipinski definition) is 3. The van der Waals surface area contributed by atoms with E-state index in [1.807, 2.05) is 0 Å². The first-order chi connectivity index (χ1) is 5.35. The Morgan fingerprint density at radius 1 is 1.25 bits per heavy atom. The Kier molecular flexibility index (Phi) is 2.29. The van der Waals surface area contributed by atoms with Crippen LogP contribution in [-0.4, -0.2) is 25.2 Å². The van der Waals surface area contributed by atoms with Crippen LogP contribution in [0.4, 0.5) is 0 Å². The smallest absolute Gasteiger partial charge is 0.152 e. The van der Waals surface area contributed by atoms with Crippen LogP contribution in [-0.2, 0) is 14.6 Å². The molecule has 0 aromatic carbocycles. The van der Waals surface area contributed by atoms with Gasteiger partial charge in [-0.2, -0.15) is 0 Å². The van der Waals surface area contributed by atoms with Crippen LogP contribution in [0.5, 0.6) is 0 Å². The molecule has 1 aliphatic carbocycles. The van der Waals surface area contributed by atoms with Crippen LogP contribution >= 0.6 is 0 Å². The van der Waals surface area contributed by atoms with E-state index in [9.17, 15) is 13.2 Å². The van der Waals surface area contributed by atoms with Crippen molar-refractivity contribution in [1.82, 2.24) is 0 Å². The Balaban J connectivity index is 2.83. The fourth-order valence-electron chi connectivity index (χ4n) is 1.43. The van der Waals surface area contributed by atoms with Crippen LogP contribution in [0.15, 0.2) is 0 Å². The van der Waals surface area contributed by atoms with Crippen LogP contribution < -0.4 is 0 Å². The molecule has 1 rings (SSSR count). The summed E-state index contributed by atoms with van der Waals surface area (Å²) in [7, 11) is -3.00. The van der Waals surface area contributed by atoms with E-state index < -0.39 is 14.6 Å². The van der Waals surface area contributed by atoms with Crippen molar-refractivity contribution in [2.45, 2.75) is 37.4 Å². The molecule has 12 heavy (non-hydrogen) atoms. The van der Waals surface area contributed by atoms with Gasteiger partial charge in [0.15, 0.2) is 9.84 Å². The number of hydrogen-bond donors (Lipinski definition) is 0. The first kappa shape index (κ1) is 9.71. The molecular formula is C8H14O3S. The fourth-order valence-corrected chi connectivity index (χ4v) is 2.37. The molecule has 0 aliphatic heterocycles. The molecule has 0 radical (unpaired) electrons. The van der Waals surface area contributed by atoms with Gasteiger partial charge in [-0.3, -0.25) is 4.79 Å². The van der Waals surface area contributed by atoms with Crippen LogP contribution in [0, 0.1) is 0 Å². The van der Waals surface area contributed by atoms with Crippen molar-refractivity contribution >= 4 is 15.6 Å². The standard InChI is InChI=1S/C8H14O3S/c1-8(12(2,10)11)5-3-7(9)4-6-8/h3-6H2,1-2H3. The maximum atomic E-state index is 11.3. The highest BCUT2D eigenvalue weighted by atomic mass is 32.2. The second kappa shape index (κ2) is 2.83. The number of Topliss-reactive ketones (excluding diaryl/α,β-unsaturated/α-hetero) is 1. The Morgan fingerprint density at radius 3 is 2.00 bits per heavy atom. The predicted octanol–water partition coefficient (Wildman–Crippen LogP) is 0.933. The SMILES string of the molecule is CC1(S(C)(=O)=O)CCC(=O)CC1. The van der Waals surface area contributed by atoms with E-state index in [1.165, 1.54) is 6.26 Å². The van der Waals surface area contributed by atoms with E-state index in [4.69, 9.17) is 0 Å². The van der Waals surface area contributed by atoms with Gasteiger partial charge in [0.2, 0.25) is 0 Å². The topological polar surface area (TPSA) is 51.2 Å². The third kappa shape index (κ3) is 1.68. The Bertz CT molecular complexity index is 279. The summed E-state index contributed by atoms with van der Waals surface area (Å²) in [5.74, 6) is 0.191. The van der Waals surface area contributed by atoms with Crippen LogP contribution in [0.1, 0.15) is 32.6 Å². The van der Waals surface area contributed by atoms with E-state index in [0.29, 0.717) is 25.7 Å². The Labute approximate surface area is 73.1 Å². The van der Waals surface area contributed by atoms with Crippen molar-refractivity contribution in [3.8, 4) is 0 Å². The zero-order chi connectivity index (χ0) is 9.41. The third-order valence-corrected chi connectivity index (χ3v) is 4.96. The lowest BCUT2D eigenvalue weighted by molar-refractivity contribution is -0.120. The zero-order valence-corrected chi connectivity index (χ0v) is 8.28. The van der Waals surface area contributed by atoms with Crippen LogP contribution in [0.3, 0.4) is 0 Å². The summed E-state index contributed by atoms with van der Waals surface area (Å²) in [5, 5.41) is 0. The quantitative estimate of drug-likeness (QED) is 0.618. The first-order valence-corrected chi connectivity index (χ1v) is 5.96. The minimum Gasteiger partial charge on any atom is -0.300 e. The van der Waals surface area contributed by atoms with Gasteiger partial charge in [-0.05, 0) is 19.8 Å². The summed E-state index contributed by atoms with van der Waals surface area (Å²) in [6.45, 7) is 1.73. The number of sulfone groups is 1. The summed E-state index contributed by atoms with van der Waals surface area (Å²) in [6.07, 6.45) is 3.07. The highest BCUT2D eigenvalue weighted by Crippen LogP contribution is 2.32. The second-order valence-electron chi connectivity index (χ2n) is 3.76. The Hall–Kier alpha value is -0.380. The molecule has 1 saturated carbocycles. The average Bonchev–Trinajstić information content (AvgIpc) is 1.93. The molecule has 1 aliphatic rings. The zero-order valence-electron chi connectivity index (χ0n) is 7.46. The molecule has 0 saturated heterocycles. The van der Waals surface area contributed by atoms with Crippen LogP contribution in [0.25, 0.3) is 0 Å². The lowest BCUT2D eigenvalue weighted by atomic mass is 9.89. The van der Waals surface area contributed by atoms with Gasteiger partial charge < -0.3 is 0 Å². The summed E-state index contributed by atoms with van der Waals surface area (Å²) in [6, 6.07) is 0. The molecule has 0 atom stereocenters. The monoisotopic (exact) mass is 190 g/mol. The molecule has 0 bridgehead atoms. The molecule has 0 aromatic heterocycles. The van der Waals surface area contributed by atoms with E-state index in [2.05, 4.69) is 0 Å². The minimum atomic E-state index is -3.00. The minimum absolute atomic E-state index is 0.191. The number of rotatable bonds is 1. The van der Waals surface area contributed by atoms with E-state index in [-0.39, 0.29) is 5.78 Å². The van der Waals surface area contributed by atoms with Gasteiger partial charge in [0.25, 0.3) is 0 Å². The maximum absolute atomic E-state index is 11.3.